The number of ether oxygens (including phenoxy) is 2. The molecule has 0 saturated carbocycles. The number of terminal acetylenes is 1. The van der Waals surface area contributed by atoms with E-state index in [1.807, 2.05) is 25.1 Å². The Balaban J connectivity index is 2.19. The van der Waals surface area contributed by atoms with Gasteiger partial charge >= 0.3 is 0 Å². The number of nitrogens with one attached hydrogen (secondary N) is 1. The first-order chi connectivity index (χ1) is 11.5. The molecule has 1 N–H and O–H groups in total. The molecular formula is C18H16Cl2INO2. The molecule has 0 aromatic heterocycles. The van der Waals surface area contributed by atoms with Crippen molar-refractivity contribution >= 4 is 51.5 Å². The largest absolute Gasteiger partial charge is 0.490 e. The van der Waals surface area contributed by atoms with Gasteiger partial charge in [-0.2, -0.15) is 0 Å². The quantitative estimate of drug-likeness (QED) is 0.416. The van der Waals surface area contributed by atoms with Crippen molar-refractivity contribution in [2.24, 2.45) is 0 Å². The highest BCUT2D eigenvalue weighted by molar-refractivity contribution is 14.1. The molecule has 0 aliphatic rings. The Morgan fingerprint density at radius 3 is 2.67 bits per heavy atom. The molecule has 0 amide bonds. The van der Waals surface area contributed by atoms with Gasteiger partial charge in [-0.3, -0.25) is 0 Å². The van der Waals surface area contributed by atoms with Gasteiger partial charge in [0.1, 0.15) is 6.61 Å². The predicted molar refractivity (Wildman–Crippen MR) is 108 cm³/mol. The zero-order chi connectivity index (χ0) is 17.5. The van der Waals surface area contributed by atoms with Crippen molar-refractivity contribution in [1.29, 1.82) is 0 Å². The lowest BCUT2D eigenvalue weighted by atomic mass is 10.2. The Kier molecular flexibility index (Phi) is 7.35. The maximum atomic E-state index is 6.18. The zero-order valence-electron chi connectivity index (χ0n) is 13.0. The van der Waals surface area contributed by atoms with Crippen molar-refractivity contribution in [2.45, 2.75) is 13.5 Å². The van der Waals surface area contributed by atoms with Gasteiger partial charge in [-0.15, -0.1) is 6.42 Å². The van der Waals surface area contributed by atoms with Crippen molar-refractivity contribution in [3.8, 4) is 23.8 Å². The van der Waals surface area contributed by atoms with E-state index in [1.54, 1.807) is 12.1 Å². The number of hydrogen-bond donors (Lipinski definition) is 1. The molecule has 2 rings (SSSR count). The summed E-state index contributed by atoms with van der Waals surface area (Å²) in [4.78, 5) is 0. The van der Waals surface area contributed by atoms with Gasteiger partial charge in [0.15, 0.2) is 11.5 Å². The Hall–Kier alpha value is -1.29. The fraction of sp³-hybridized carbons (Fsp3) is 0.222. The summed E-state index contributed by atoms with van der Waals surface area (Å²) < 4.78 is 12.2. The molecule has 0 spiro atoms. The van der Waals surface area contributed by atoms with Crippen molar-refractivity contribution in [2.75, 3.05) is 18.5 Å². The van der Waals surface area contributed by atoms with Crippen molar-refractivity contribution in [1.82, 2.24) is 0 Å². The molecule has 126 valence electrons. The summed E-state index contributed by atoms with van der Waals surface area (Å²) >= 11 is 14.3. The predicted octanol–water partition coefficient (Wildman–Crippen LogP) is 5.62. The average molecular weight is 476 g/mol. The van der Waals surface area contributed by atoms with E-state index >= 15 is 0 Å². The third-order valence-electron chi connectivity index (χ3n) is 3.08. The Morgan fingerprint density at radius 1 is 1.21 bits per heavy atom. The highest BCUT2D eigenvalue weighted by atomic mass is 127. The number of halogens is 3. The lowest BCUT2D eigenvalue weighted by Gasteiger charge is -2.15. The smallest absolute Gasteiger partial charge is 0.175 e. The third-order valence-corrected chi connectivity index (χ3v) is 4.43. The molecule has 0 radical (unpaired) electrons. The topological polar surface area (TPSA) is 30.5 Å². The molecule has 0 fully saturated rings. The van der Waals surface area contributed by atoms with E-state index in [9.17, 15) is 0 Å². The van der Waals surface area contributed by atoms with E-state index in [-0.39, 0.29) is 6.61 Å². The van der Waals surface area contributed by atoms with Gasteiger partial charge in [0.05, 0.1) is 20.9 Å². The van der Waals surface area contributed by atoms with Crippen LogP contribution in [0.15, 0.2) is 30.3 Å². The maximum absolute atomic E-state index is 6.18. The molecule has 24 heavy (non-hydrogen) atoms. The summed E-state index contributed by atoms with van der Waals surface area (Å²) in [6, 6.07) is 9.31. The molecular weight excluding hydrogens is 460 g/mol. The van der Waals surface area contributed by atoms with Gasteiger partial charge < -0.3 is 14.8 Å². The fourth-order valence-electron chi connectivity index (χ4n) is 2.07. The van der Waals surface area contributed by atoms with Gasteiger partial charge in [-0.25, -0.2) is 0 Å². The van der Waals surface area contributed by atoms with Gasteiger partial charge in [0.2, 0.25) is 0 Å². The Morgan fingerprint density at radius 2 is 2.00 bits per heavy atom. The van der Waals surface area contributed by atoms with Crippen molar-refractivity contribution < 1.29 is 9.47 Å². The normalized spacial score (nSPS) is 10.1. The van der Waals surface area contributed by atoms with Crippen LogP contribution >= 0.6 is 45.8 Å². The van der Waals surface area contributed by atoms with E-state index in [2.05, 4.69) is 33.8 Å². The lowest BCUT2D eigenvalue weighted by Crippen LogP contribution is -2.05. The SMILES string of the molecule is C#CCOc1c(I)cc(CNc2ccc(Cl)cc2Cl)cc1OCC. The van der Waals surface area contributed by atoms with Crippen LogP contribution in [0.25, 0.3) is 0 Å². The first-order valence-electron chi connectivity index (χ1n) is 7.25. The highest BCUT2D eigenvalue weighted by Gasteiger charge is 2.12. The van der Waals surface area contributed by atoms with Crippen molar-refractivity contribution in [3.05, 3.63) is 49.5 Å². The first-order valence-corrected chi connectivity index (χ1v) is 9.09. The number of hydrogen-bond acceptors (Lipinski definition) is 3. The van der Waals surface area contributed by atoms with Crippen LogP contribution in [0.1, 0.15) is 12.5 Å². The van der Waals surface area contributed by atoms with Gasteiger partial charge in [0.25, 0.3) is 0 Å². The molecule has 0 unspecified atom stereocenters. The molecule has 0 heterocycles. The second-order valence-corrected chi connectivity index (χ2v) is 6.81. The second-order valence-electron chi connectivity index (χ2n) is 4.81. The maximum Gasteiger partial charge on any atom is 0.175 e. The Bertz CT molecular complexity index is 759. The summed E-state index contributed by atoms with van der Waals surface area (Å²) in [7, 11) is 0. The zero-order valence-corrected chi connectivity index (χ0v) is 16.7. The molecule has 6 heteroatoms. The van der Waals surface area contributed by atoms with E-state index in [0.29, 0.717) is 34.7 Å². The standard InChI is InChI=1S/C18H16Cl2INO2/c1-3-7-24-18-15(21)8-12(9-17(18)23-4-2)11-22-16-6-5-13(19)10-14(16)20/h1,5-6,8-10,22H,4,7,11H2,2H3. The number of anilines is 1. The van der Waals surface area contributed by atoms with Crippen LogP contribution in [0.3, 0.4) is 0 Å². The minimum atomic E-state index is 0.202. The summed E-state index contributed by atoms with van der Waals surface area (Å²) in [6.07, 6.45) is 5.27. The molecule has 0 atom stereocenters. The minimum Gasteiger partial charge on any atom is -0.490 e. The van der Waals surface area contributed by atoms with Gasteiger partial charge in [0, 0.05) is 11.6 Å². The summed E-state index contributed by atoms with van der Waals surface area (Å²) in [5.41, 5.74) is 1.86. The van der Waals surface area contributed by atoms with Crippen LogP contribution in [-0.2, 0) is 6.54 Å². The van der Waals surface area contributed by atoms with Crippen LogP contribution in [0.4, 0.5) is 5.69 Å². The molecule has 3 nitrogen and oxygen atoms in total. The summed E-state index contributed by atoms with van der Waals surface area (Å²) in [5, 5.41) is 4.48. The molecule has 2 aromatic carbocycles. The number of benzene rings is 2. The first kappa shape index (κ1) is 19.0. The highest BCUT2D eigenvalue weighted by Crippen LogP contribution is 2.35. The molecule has 0 bridgehead atoms. The average Bonchev–Trinajstić information content (AvgIpc) is 2.53. The minimum absolute atomic E-state index is 0.202. The monoisotopic (exact) mass is 475 g/mol. The third kappa shape index (κ3) is 5.10. The number of rotatable bonds is 7. The van der Waals surface area contributed by atoms with E-state index < -0.39 is 0 Å². The van der Waals surface area contributed by atoms with Crippen LogP contribution in [0.2, 0.25) is 10.0 Å². The van der Waals surface area contributed by atoms with E-state index in [4.69, 9.17) is 39.1 Å². The van der Waals surface area contributed by atoms with E-state index in [1.165, 1.54) is 0 Å². The lowest BCUT2D eigenvalue weighted by molar-refractivity contribution is 0.297. The van der Waals surface area contributed by atoms with E-state index in [0.717, 1.165) is 14.8 Å². The summed E-state index contributed by atoms with van der Waals surface area (Å²) in [6.45, 7) is 3.26. The van der Waals surface area contributed by atoms with Crippen LogP contribution in [0.5, 0.6) is 11.5 Å². The van der Waals surface area contributed by atoms with Gasteiger partial charge in [-0.1, -0.05) is 29.1 Å². The van der Waals surface area contributed by atoms with Crippen LogP contribution in [0, 0.1) is 15.9 Å². The van der Waals surface area contributed by atoms with Crippen LogP contribution in [-0.4, -0.2) is 13.2 Å². The van der Waals surface area contributed by atoms with Crippen molar-refractivity contribution in [3.63, 3.8) is 0 Å². The Labute approximate surface area is 165 Å². The summed E-state index contributed by atoms with van der Waals surface area (Å²) in [5.74, 6) is 3.82. The van der Waals surface area contributed by atoms with Gasteiger partial charge in [-0.05, 0) is 65.4 Å². The molecule has 0 saturated heterocycles. The molecule has 2 aromatic rings. The molecule has 0 aliphatic carbocycles. The molecule has 0 aliphatic heterocycles. The second kappa shape index (κ2) is 9.26. The van der Waals surface area contributed by atoms with Crippen LogP contribution < -0.4 is 14.8 Å². The fourth-order valence-corrected chi connectivity index (χ4v) is 3.37.